The van der Waals surface area contributed by atoms with E-state index >= 15 is 0 Å². The van der Waals surface area contributed by atoms with Crippen molar-refractivity contribution in [3.8, 4) is 0 Å². The van der Waals surface area contributed by atoms with E-state index in [9.17, 15) is 21.6 Å². The Morgan fingerprint density at radius 2 is 1.69 bits per heavy atom. The number of amides is 1. The number of nitrogens with one attached hydrogen (secondary N) is 1. The number of halogens is 1. The lowest BCUT2D eigenvalue weighted by molar-refractivity contribution is -0.116. The van der Waals surface area contributed by atoms with E-state index in [-0.39, 0.29) is 9.10 Å². The van der Waals surface area contributed by atoms with Crippen LogP contribution in [0.15, 0.2) is 33.4 Å². The van der Waals surface area contributed by atoms with Gasteiger partial charge in [-0.1, -0.05) is 11.6 Å². The summed E-state index contributed by atoms with van der Waals surface area (Å²) in [5.41, 5.74) is 1.67. The van der Waals surface area contributed by atoms with E-state index in [1.165, 1.54) is 45.4 Å². The molecule has 1 heterocycles. The quantitative estimate of drug-likeness (QED) is 0.657. The van der Waals surface area contributed by atoms with E-state index in [2.05, 4.69) is 5.32 Å². The van der Waals surface area contributed by atoms with Gasteiger partial charge in [0.15, 0.2) is 0 Å². The molecule has 0 radical (unpaired) electrons. The van der Waals surface area contributed by atoms with E-state index in [0.29, 0.717) is 21.2 Å². The molecule has 29 heavy (non-hydrogen) atoms. The zero-order chi connectivity index (χ0) is 22.1. The number of sulfonamides is 2. The lowest BCUT2D eigenvalue weighted by atomic mass is 10.1. The normalized spacial score (nSPS) is 12.6. The molecule has 0 fully saturated rings. The van der Waals surface area contributed by atoms with E-state index in [4.69, 9.17) is 11.6 Å². The molecule has 2 rings (SSSR count). The molecule has 12 heteroatoms. The monoisotopic (exact) mass is 479 g/mol. The second-order valence-corrected chi connectivity index (χ2v) is 12.7. The smallest absolute Gasteiger partial charge is 0.252 e. The molecular formula is C17H22ClN3O5S3. The zero-order valence-electron chi connectivity index (χ0n) is 16.6. The van der Waals surface area contributed by atoms with Crippen molar-refractivity contribution in [1.82, 2.24) is 8.61 Å². The minimum atomic E-state index is -3.86. The lowest BCUT2D eigenvalue weighted by Crippen LogP contribution is -2.34. The summed E-state index contributed by atoms with van der Waals surface area (Å²) in [5, 5.41) is 2.61. The van der Waals surface area contributed by atoms with Crippen molar-refractivity contribution in [2.75, 3.05) is 33.0 Å². The Morgan fingerprint density at radius 3 is 2.21 bits per heavy atom. The molecule has 0 atom stereocenters. The standard InChI is InChI=1S/C17H22ClN3O5S3/c1-11-8-13(28(23,24)20(3)4)9-14(12(11)2)19-16(22)10-21(5)29(25,26)17-7-6-15(18)27-17/h6-9H,10H2,1-5H3,(H,19,22). The van der Waals surface area contributed by atoms with Crippen molar-refractivity contribution in [2.24, 2.45) is 0 Å². The highest BCUT2D eigenvalue weighted by atomic mass is 35.5. The molecule has 1 aromatic carbocycles. The van der Waals surface area contributed by atoms with Crippen molar-refractivity contribution < 1.29 is 21.6 Å². The number of aryl methyl sites for hydroxylation is 1. The first-order valence-corrected chi connectivity index (χ1v) is 12.4. The van der Waals surface area contributed by atoms with Gasteiger partial charge in [0.2, 0.25) is 15.9 Å². The predicted octanol–water partition coefficient (Wildman–Crippen LogP) is 2.53. The summed E-state index contributed by atoms with van der Waals surface area (Å²) in [4.78, 5) is 12.5. The summed E-state index contributed by atoms with van der Waals surface area (Å²) in [6.07, 6.45) is 0. The summed E-state index contributed by atoms with van der Waals surface area (Å²) in [6.45, 7) is 3.03. The van der Waals surface area contributed by atoms with Gasteiger partial charge in [-0.15, -0.1) is 11.3 Å². The molecule has 8 nitrogen and oxygen atoms in total. The summed E-state index contributed by atoms with van der Waals surface area (Å²) < 4.78 is 52.2. The fourth-order valence-electron chi connectivity index (χ4n) is 2.38. The zero-order valence-corrected chi connectivity index (χ0v) is 19.8. The van der Waals surface area contributed by atoms with Crippen molar-refractivity contribution in [1.29, 1.82) is 0 Å². The van der Waals surface area contributed by atoms with Crippen LogP contribution in [0.25, 0.3) is 0 Å². The first-order chi connectivity index (χ1) is 13.3. The van der Waals surface area contributed by atoms with Crippen molar-refractivity contribution >= 4 is 54.6 Å². The molecule has 1 aromatic heterocycles. The van der Waals surface area contributed by atoms with Crippen LogP contribution >= 0.6 is 22.9 Å². The maximum Gasteiger partial charge on any atom is 0.252 e. The Kier molecular flexibility index (Phi) is 7.13. The number of anilines is 1. The topological polar surface area (TPSA) is 104 Å². The average molecular weight is 480 g/mol. The van der Waals surface area contributed by atoms with Gasteiger partial charge in [0.25, 0.3) is 10.0 Å². The fourth-order valence-corrected chi connectivity index (χ4v) is 6.22. The van der Waals surface area contributed by atoms with Crippen LogP contribution in [-0.4, -0.2) is 59.0 Å². The fraction of sp³-hybridized carbons (Fsp3) is 0.353. The van der Waals surface area contributed by atoms with Crippen LogP contribution in [0.3, 0.4) is 0 Å². The number of carbonyl (C=O) groups is 1. The Hall–Kier alpha value is -1.50. The molecule has 1 N–H and O–H groups in total. The summed E-state index contributed by atoms with van der Waals surface area (Å²) in [7, 11) is -3.43. The first kappa shape index (κ1) is 23.8. The second kappa shape index (κ2) is 8.70. The summed E-state index contributed by atoms with van der Waals surface area (Å²) >= 11 is 6.69. The van der Waals surface area contributed by atoms with E-state index < -0.39 is 32.5 Å². The molecule has 0 aliphatic heterocycles. The van der Waals surface area contributed by atoms with E-state index in [1.54, 1.807) is 13.8 Å². The molecule has 0 saturated carbocycles. The number of nitrogens with zero attached hydrogens (tertiary/aromatic N) is 2. The van der Waals surface area contributed by atoms with Gasteiger partial charge in [0.1, 0.15) is 4.21 Å². The number of rotatable bonds is 7. The van der Waals surface area contributed by atoms with Crippen molar-refractivity contribution in [3.05, 3.63) is 39.7 Å². The first-order valence-electron chi connectivity index (χ1n) is 8.32. The number of thiophene rings is 1. The highest BCUT2D eigenvalue weighted by molar-refractivity contribution is 7.91. The van der Waals surface area contributed by atoms with Gasteiger partial charge in [0.05, 0.1) is 15.8 Å². The number of benzene rings is 1. The summed E-state index contributed by atoms with van der Waals surface area (Å²) in [5.74, 6) is -0.597. The van der Waals surface area contributed by atoms with Crippen molar-refractivity contribution in [3.63, 3.8) is 0 Å². The Balaban J connectivity index is 2.26. The summed E-state index contributed by atoms with van der Waals surface area (Å²) in [6, 6.07) is 5.73. The highest BCUT2D eigenvalue weighted by Crippen LogP contribution is 2.28. The number of carbonyl (C=O) groups excluding carboxylic acids is 1. The van der Waals surface area contributed by atoms with Gasteiger partial charge in [-0.25, -0.2) is 21.1 Å². The molecule has 0 bridgehead atoms. The van der Waals surface area contributed by atoms with Crippen LogP contribution in [0.5, 0.6) is 0 Å². The third-order valence-corrected chi connectivity index (χ3v) is 9.57. The number of hydrogen-bond acceptors (Lipinski definition) is 6. The van der Waals surface area contributed by atoms with Gasteiger partial charge in [0, 0.05) is 26.8 Å². The molecule has 0 spiro atoms. The van der Waals surface area contributed by atoms with Crippen molar-refractivity contribution in [2.45, 2.75) is 23.0 Å². The number of likely N-dealkylation sites (N-methyl/N-ethyl adjacent to an activating group) is 1. The third-order valence-electron chi connectivity index (χ3n) is 4.27. The van der Waals surface area contributed by atoms with Gasteiger partial charge in [-0.3, -0.25) is 4.79 Å². The van der Waals surface area contributed by atoms with Crippen LogP contribution in [0, 0.1) is 13.8 Å². The van der Waals surface area contributed by atoms with Gasteiger partial charge in [-0.05, 0) is 49.2 Å². The largest absolute Gasteiger partial charge is 0.325 e. The van der Waals surface area contributed by atoms with Crippen LogP contribution < -0.4 is 5.32 Å². The lowest BCUT2D eigenvalue weighted by Gasteiger charge is -2.18. The van der Waals surface area contributed by atoms with E-state index in [1.807, 2.05) is 0 Å². The molecular weight excluding hydrogens is 458 g/mol. The van der Waals surface area contributed by atoms with Gasteiger partial charge in [-0.2, -0.15) is 4.31 Å². The minimum Gasteiger partial charge on any atom is -0.325 e. The molecule has 0 saturated heterocycles. The highest BCUT2D eigenvalue weighted by Gasteiger charge is 2.25. The molecule has 0 aliphatic carbocycles. The Labute approximate surface area is 180 Å². The molecule has 2 aromatic rings. The minimum absolute atomic E-state index is 0.0314. The molecule has 1 amide bonds. The maximum atomic E-state index is 12.5. The van der Waals surface area contributed by atoms with Crippen LogP contribution in [0.4, 0.5) is 5.69 Å². The van der Waals surface area contributed by atoms with E-state index in [0.717, 1.165) is 19.9 Å². The molecule has 0 unspecified atom stereocenters. The van der Waals surface area contributed by atoms with Crippen LogP contribution in [-0.2, 0) is 24.8 Å². The van der Waals surface area contributed by atoms with Crippen LogP contribution in [0.2, 0.25) is 4.34 Å². The average Bonchev–Trinajstić information content (AvgIpc) is 3.05. The second-order valence-electron chi connectivity index (χ2n) is 6.57. The molecule has 0 aliphatic rings. The maximum absolute atomic E-state index is 12.5. The molecule has 160 valence electrons. The predicted molar refractivity (Wildman–Crippen MR) is 115 cm³/mol. The number of hydrogen-bond donors (Lipinski definition) is 1. The SMILES string of the molecule is Cc1cc(S(=O)(=O)N(C)C)cc(NC(=O)CN(C)S(=O)(=O)c2ccc(Cl)s2)c1C. The van der Waals surface area contributed by atoms with Gasteiger partial charge >= 0.3 is 0 Å². The van der Waals surface area contributed by atoms with Gasteiger partial charge < -0.3 is 5.32 Å². The third kappa shape index (κ3) is 5.16. The van der Waals surface area contributed by atoms with Crippen LogP contribution in [0.1, 0.15) is 11.1 Å². The Morgan fingerprint density at radius 1 is 1.07 bits per heavy atom. The Bertz CT molecular complexity index is 1140.